The first-order valence-electron chi connectivity index (χ1n) is 9.20. The first-order chi connectivity index (χ1) is 11.3. The summed E-state index contributed by atoms with van der Waals surface area (Å²) in [5.74, 6) is 1.84. The molecule has 0 aliphatic carbocycles. The van der Waals surface area contributed by atoms with E-state index < -0.39 is 0 Å². The smallest absolute Gasteiger partial charge is 0.193 e. The van der Waals surface area contributed by atoms with Gasteiger partial charge in [0.25, 0.3) is 0 Å². The summed E-state index contributed by atoms with van der Waals surface area (Å²) >= 11 is 0. The Morgan fingerprint density at radius 1 is 1.43 bits per heavy atom. The molecular formula is C18H34N4O. The number of nitrogens with zero attached hydrogens (tertiary/aromatic N) is 3. The molecule has 2 rings (SSSR count). The maximum Gasteiger partial charge on any atom is 0.193 e. The Balaban J connectivity index is 1.72. The second-order valence-corrected chi connectivity index (χ2v) is 6.50. The fourth-order valence-electron chi connectivity index (χ4n) is 3.48. The number of ether oxygens (including phenoxy) is 1. The van der Waals surface area contributed by atoms with Crippen LogP contribution in [0.3, 0.4) is 0 Å². The molecule has 1 N–H and O–H groups in total. The SMILES string of the molecule is CCN(CC)CC1CCN(C(=NC)NCCC2=CCOCC2)C1. The van der Waals surface area contributed by atoms with Gasteiger partial charge in [0.15, 0.2) is 5.96 Å². The molecule has 0 saturated carbocycles. The van der Waals surface area contributed by atoms with Crippen molar-refractivity contribution in [3.8, 4) is 0 Å². The zero-order chi connectivity index (χ0) is 16.5. The minimum Gasteiger partial charge on any atom is -0.377 e. The third-order valence-corrected chi connectivity index (χ3v) is 4.99. The molecule has 0 bridgehead atoms. The Morgan fingerprint density at radius 2 is 2.26 bits per heavy atom. The van der Waals surface area contributed by atoms with Crippen LogP contribution in [0.2, 0.25) is 0 Å². The van der Waals surface area contributed by atoms with E-state index in [4.69, 9.17) is 4.74 Å². The van der Waals surface area contributed by atoms with Crippen molar-refractivity contribution < 1.29 is 4.74 Å². The van der Waals surface area contributed by atoms with E-state index in [1.54, 1.807) is 0 Å². The van der Waals surface area contributed by atoms with Gasteiger partial charge in [-0.2, -0.15) is 0 Å². The van der Waals surface area contributed by atoms with Crippen LogP contribution in [0, 0.1) is 5.92 Å². The zero-order valence-electron chi connectivity index (χ0n) is 15.2. The van der Waals surface area contributed by atoms with Crippen LogP contribution in [0.25, 0.3) is 0 Å². The first-order valence-corrected chi connectivity index (χ1v) is 9.20. The van der Waals surface area contributed by atoms with Gasteiger partial charge in [0, 0.05) is 33.2 Å². The summed E-state index contributed by atoms with van der Waals surface area (Å²) < 4.78 is 5.36. The number of guanidine groups is 1. The lowest BCUT2D eigenvalue weighted by atomic mass is 10.1. The average Bonchev–Trinajstić information content (AvgIpc) is 3.06. The molecule has 1 saturated heterocycles. The number of likely N-dealkylation sites (tertiary alicyclic amines) is 1. The van der Waals surface area contributed by atoms with Crippen molar-refractivity contribution in [1.82, 2.24) is 15.1 Å². The molecule has 5 nitrogen and oxygen atoms in total. The van der Waals surface area contributed by atoms with Crippen molar-refractivity contribution in [2.45, 2.75) is 33.1 Å². The first kappa shape index (κ1) is 18.3. The molecule has 0 amide bonds. The topological polar surface area (TPSA) is 40.1 Å². The lowest BCUT2D eigenvalue weighted by Gasteiger charge is -2.24. The standard InChI is InChI=1S/C18H34N4O/c1-4-21(5-2)14-17-7-11-22(15-17)18(19-3)20-10-6-16-8-12-23-13-9-16/h8,17H,4-7,9-15H2,1-3H3,(H,19,20). The highest BCUT2D eigenvalue weighted by molar-refractivity contribution is 5.80. The van der Waals surface area contributed by atoms with E-state index in [0.29, 0.717) is 0 Å². The molecule has 2 aliphatic heterocycles. The molecule has 0 aromatic carbocycles. The Kier molecular flexibility index (Phi) is 7.89. The zero-order valence-corrected chi connectivity index (χ0v) is 15.2. The number of hydrogen-bond acceptors (Lipinski definition) is 3. The Hall–Kier alpha value is -1.07. The maximum atomic E-state index is 5.36. The number of aliphatic imine (C=N–C) groups is 1. The molecule has 1 unspecified atom stereocenters. The molecule has 0 aromatic rings. The van der Waals surface area contributed by atoms with Gasteiger partial charge in [0.1, 0.15) is 0 Å². The molecular weight excluding hydrogens is 288 g/mol. The Morgan fingerprint density at radius 3 is 2.91 bits per heavy atom. The molecule has 132 valence electrons. The summed E-state index contributed by atoms with van der Waals surface area (Å²) in [5, 5.41) is 3.54. The highest BCUT2D eigenvalue weighted by atomic mass is 16.5. The molecule has 23 heavy (non-hydrogen) atoms. The van der Waals surface area contributed by atoms with Crippen LogP contribution < -0.4 is 5.32 Å². The van der Waals surface area contributed by atoms with E-state index in [9.17, 15) is 0 Å². The van der Waals surface area contributed by atoms with E-state index >= 15 is 0 Å². The van der Waals surface area contributed by atoms with Gasteiger partial charge >= 0.3 is 0 Å². The summed E-state index contributed by atoms with van der Waals surface area (Å²) in [6, 6.07) is 0. The number of rotatable bonds is 7. The molecule has 5 heteroatoms. The van der Waals surface area contributed by atoms with Gasteiger partial charge in [-0.25, -0.2) is 0 Å². The van der Waals surface area contributed by atoms with Gasteiger partial charge in [-0.05, 0) is 38.3 Å². The number of hydrogen-bond donors (Lipinski definition) is 1. The van der Waals surface area contributed by atoms with Crippen LogP contribution in [0.15, 0.2) is 16.6 Å². The number of nitrogens with one attached hydrogen (secondary N) is 1. The normalized spacial score (nSPS) is 22.6. The lowest BCUT2D eigenvalue weighted by molar-refractivity contribution is 0.153. The predicted molar refractivity (Wildman–Crippen MR) is 97.0 cm³/mol. The fraction of sp³-hybridized carbons (Fsp3) is 0.833. The second kappa shape index (κ2) is 9.93. The van der Waals surface area contributed by atoms with Crippen molar-refractivity contribution >= 4 is 5.96 Å². The van der Waals surface area contributed by atoms with E-state index in [-0.39, 0.29) is 0 Å². The largest absolute Gasteiger partial charge is 0.377 e. The highest BCUT2D eigenvalue weighted by Crippen LogP contribution is 2.18. The van der Waals surface area contributed by atoms with Crippen LogP contribution in [0.4, 0.5) is 0 Å². The van der Waals surface area contributed by atoms with Crippen LogP contribution in [0.1, 0.15) is 33.1 Å². The highest BCUT2D eigenvalue weighted by Gasteiger charge is 2.25. The molecule has 0 spiro atoms. The lowest BCUT2D eigenvalue weighted by Crippen LogP contribution is -2.41. The molecule has 2 heterocycles. The van der Waals surface area contributed by atoms with Crippen molar-refractivity contribution in [3.05, 3.63) is 11.6 Å². The van der Waals surface area contributed by atoms with Crippen molar-refractivity contribution in [2.24, 2.45) is 10.9 Å². The summed E-state index contributed by atoms with van der Waals surface area (Å²) in [6.45, 7) is 12.9. The van der Waals surface area contributed by atoms with Crippen LogP contribution in [-0.4, -0.2) is 75.3 Å². The molecule has 0 radical (unpaired) electrons. The Labute approximate surface area is 141 Å². The van der Waals surface area contributed by atoms with Crippen molar-refractivity contribution in [2.75, 3.05) is 59.5 Å². The third-order valence-electron chi connectivity index (χ3n) is 4.99. The van der Waals surface area contributed by atoms with Crippen molar-refractivity contribution in [1.29, 1.82) is 0 Å². The monoisotopic (exact) mass is 322 g/mol. The van der Waals surface area contributed by atoms with Gasteiger partial charge in [0.05, 0.1) is 13.2 Å². The van der Waals surface area contributed by atoms with Gasteiger partial charge in [-0.15, -0.1) is 0 Å². The second-order valence-electron chi connectivity index (χ2n) is 6.50. The van der Waals surface area contributed by atoms with E-state index in [1.807, 2.05) is 7.05 Å². The summed E-state index contributed by atoms with van der Waals surface area (Å²) in [5.41, 5.74) is 1.51. The minimum atomic E-state index is 0.770. The molecule has 2 aliphatic rings. The van der Waals surface area contributed by atoms with Crippen LogP contribution >= 0.6 is 0 Å². The Bertz CT molecular complexity index is 404. The molecule has 1 fully saturated rings. The van der Waals surface area contributed by atoms with Gasteiger partial charge in [0.2, 0.25) is 0 Å². The average molecular weight is 322 g/mol. The quantitative estimate of drug-likeness (QED) is 0.442. The minimum absolute atomic E-state index is 0.770. The molecule has 0 aromatic heterocycles. The third kappa shape index (κ3) is 5.81. The van der Waals surface area contributed by atoms with Crippen LogP contribution in [-0.2, 0) is 4.74 Å². The van der Waals surface area contributed by atoms with E-state index in [0.717, 1.165) is 70.7 Å². The predicted octanol–water partition coefficient (Wildman–Crippen LogP) is 1.96. The summed E-state index contributed by atoms with van der Waals surface area (Å²) in [4.78, 5) is 9.43. The summed E-state index contributed by atoms with van der Waals surface area (Å²) in [7, 11) is 1.90. The van der Waals surface area contributed by atoms with Crippen molar-refractivity contribution in [3.63, 3.8) is 0 Å². The van der Waals surface area contributed by atoms with E-state index in [1.165, 1.54) is 18.5 Å². The summed E-state index contributed by atoms with van der Waals surface area (Å²) in [6.07, 6.45) is 5.68. The fourth-order valence-corrected chi connectivity index (χ4v) is 3.48. The van der Waals surface area contributed by atoms with Gasteiger partial charge < -0.3 is 19.9 Å². The molecule has 1 atom stereocenters. The maximum absolute atomic E-state index is 5.36. The van der Waals surface area contributed by atoms with Gasteiger partial charge in [-0.1, -0.05) is 25.5 Å². The van der Waals surface area contributed by atoms with E-state index in [2.05, 4.69) is 40.0 Å². The van der Waals surface area contributed by atoms with Crippen LogP contribution in [0.5, 0.6) is 0 Å². The van der Waals surface area contributed by atoms with Gasteiger partial charge in [-0.3, -0.25) is 4.99 Å².